The van der Waals surface area contributed by atoms with Crippen molar-refractivity contribution >= 4 is 29.0 Å². The van der Waals surface area contributed by atoms with Gasteiger partial charge in [0.15, 0.2) is 5.16 Å². The summed E-state index contributed by atoms with van der Waals surface area (Å²) in [4.78, 5) is 21.2. The van der Waals surface area contributed by atoms with E-state index < -0.39 is 0 Å². The molecule has 29 heavy (non-hydrogen) atoms. The number of carbonyl (C=O) groups is 1. The van der Waals surface area contributed by atoms with Gasteiger partial charge in [0.2, 0.25) is 5.91 Å². The van der Waals surface area contributed by atoms with E-state index in [9.17, 15) is 4.79 Å². The van der Waals surface area contributed by atoms with Crippen LogP contribution in [-0.2, 0) is 23.5 Å². The SMILES string of the molecule is O=C(Cc1nc(CSc2nccn2-c2ccccc2)cs1)NCc1ccccc1. The molecule has 1 N–H and O–H groups in total. The van der Waals surface area contributed by atoms with E-state index in [2.05, 4.69) is 32.0 Å². The maximum atomic E-state index is 12.2. The number of amides is 1. The van der Waals surface area contributed by atoms with Crippen molar-refractivity contribution < 1.29 is 4.79 Å². The summed E-state index contributed by atoms with van der Waals surface area (Å²) in [5.74, 6) is 0.702. The van der Waals surface area contributed by atoms with Crippen molar-refractivity contribution in [1.29, 1.82) is 0 Å². The third-order valence-electron chi connectivity index (χ3n) is 4.23. The lowest BCUT2D eigenvalue weighted by Gasteiger charge is -2.06. The Kier molecular flexibility index (Phi) is 6.38. The number of carbonyl (C=O) groups excluding carboxylic acids is 1. The fourth-order valence-electron chi connectivity index (χ4n) is 2.81. The third kappa shape index (κ3) is 5.34. The van der Waals surface area contributed by atoms with Crippen molar-refractivity contribution in [1.82, 2.24) is 19.9 Å². The van der Waals surface area contributed by atoms with E-state index in [0.717, 1.165) is 27.1 Å². The Balaban J connectivity index is 1.30. The zero-order valence-corrected chi connectivity index (χ0v) is 17.3. The van der Waals surface area contributed by atoms with Gasteiger partial charge in [0.05, 0.1) is 12.1 Å². The predicted octanol–water partition coefficient (Wildman–Crippen LogP) is 4.48. The van der Waals surface area contributed by atoms with Gasteiger partial charge in [0.25, 0.3) is 0 Å². The Labute approximate surface area is 177 Å². The van der Waals surface area contributed by atoms with Gasteiger partial charge in [-0.15, -0.1) is 11.3 Å². The van der Waals surface area contributed by atoms with Crippen LogP contribution in [-0.4, -0.2) is 20.4 Å². The van der Waals surface area contributed by atoms with Gasteiger partial charge in [-0.05, 0) is 17.7 Å². The van der Waals surface area contributed by atoms with Crippen LogP contribution < -0.4 is 5.32 Å². The molecule has 5 nitrogen and oxygen atoms in total. The molecule has 4 rings (SSSR count). The highest BCUT2D eigenvalue weighted by Gasteiger charge is 2.10. The Hall–Kier alpha value is -2.90. The van der Waals surface area contributed by atoms with E-state index in [1.54, 1.807) is 18.0 Å². The second-order valence-electron chi connectivity index (χ2n) is 6.38. The smallest absolute Gasteiger partial charge is 0.227 e. The molecule has 0 fully saturated rings. The van der Waals surface area contributed by atoms with Crippen molar-refractivity contribution in [3.05, 3.63) is 94.7 Å². The molecule has 0 radical (unpaired) electrons. The van der Waals surface area contributed by atoms with Gasteiger partial charge in [-0.2, -0.15) is 0 Å². The van der Waals surface area contributed by atoms with E-state index in [-0.39, 0.29) is 5.91 Å². The van der Waals surface area contributed by atoms with Crippen LogP contribution in [0.5, 0.6) is 0 Å². The number of benzene rings is 2. The van der Waals surface area contributed by atoms with E-state index >= 15 is 0 Å². The number of aromatic nitrogens is 3. The number of para-hydroxylation sites is 1. The summed E-state index contributed by atoms with van der Waals surface area (Å²) in [6.07, 6.45) is 4.07. The minimum absolute atomic E-state index is 0.0120. The quantitative estimate of drug-likeness (QED) is 0.427. The lowest BCUT2D eigenvalue weighted by molar-refractivity contribution is -0.120. The number of hydrogen-bond acceptors (Lipinski definition) is 5. The van der Waals surface area contributed by atoms with E-state index in [1.165, 1.54) is 11.3 Å². The molecule has 146 valence electrons. The second kappa shape index (κ2) is 9.54. The highest BCUT2D eigenvalue weighted by molar-refractivity contribution is 7.98. The van der Waals surface area contributed by atoms with Crippen molar-refractivity contribution in [2.24, 2.45) is 0 Å². The summed E-state index contributed by atoms with van der Waals surface area (Å²) < 4.78 is 2.06. The Bertz CT molecular complexity index is 1060. The molecule has 2 aromatic heterocycles. The van der Waals surface area contributed by atoms with Crippen LogP contribution in [0.4, 0.5) is 0 Å². The topological polar surface area (TPSA) is 59.8 Å². The minimum Gasteiger partial charge on any atom is -0.352 e. The molecule has 0 saturated carbocycles. The maximum Gasteiger partial charge on any atom is 0.227 e. The molecule has 0 saturated heterocycles. The van der Waals surface area contributed by atoms with Crippen LogP contribution in [0.2, 0.25) is 0 Å². The van der Waals surface area contributed by atoms with Crippen LogP contribution in [0.3, 0.4) is 0 Å². The molecule has 7 heteroatoms. The Morgan fingerprint density at radius 2 is 1.83 bits per heavy atom. The molecule has 0 spiro atoms. The van der Waals surface area contributed by atoms with Crippen molar-refractivity contribution in [3.8, 4) is 5.69 Å². The molecular weight excluding hydrogens is 400 g/mol. The van der Waals surface area contributed by atoms with E-state index in [0.29, 0.717) is 18.7 Å². The first-order chi connectivity index (χ1) is 14.3. The number of imidazole rings is 1. The lowest BCUT2D eigenvalue weighted by Crippen LogP contribution is -2.24. The fraction of sp³-hybridized carbons (Fsp3) is 0.136. The number of nitrogens with zero attached hydrogens (tertiary/aromatic N) is 3. The number of thioether (sulfide) groups is 1. The van der Waals surface area contributed by atoms with Gasteiger partial charge in [-0.1, -0.05) is 60.3 Å². The van der Waals surface area contributed by atoms with Crippen molar-refractivity contribution in [2.75, 3.05) is 0 Å². The summed E-state index contributed by atoms with van der Waals surface area (Å²) in [7, 11) is 0. The monoisotopic (exact) mass is 420 g/mol. The molecule has 4 aromatic rings. The van der Waals surface area contributed by atoms with Crippen LogP contribution in [0, 0.1) is 0 Å². The number of rotatable bonds is 8. The molecule has 0 atom stereocenters. The van der Waals surface area contributed by atoms with Crippen LogP contribution in [0.15, 0.2) is 83.6 Å². The summed E-state index contributed by atoms with van der Waals surface area (Å²) in [6.45, 7) is 0.538. The third-order valence-corrected chi connectivity index (χ3v) is 6.13. The summed E-state index contributed by atoms with van der Waals surface area (Å²) in [5, 5.41) is 6.72. The first-order valence-corrected chi connectivity index (χ1v) is 11.1. The molecule has 0 aliphatic carbocycles. The first-order valence-electron chi connectivity index (χ1n) is 9.23. The minimum atomic E-state index is -0.0120. The zero-order valence-electron chi connectivity index (χ0n) is 15.7. The van der Waals surface area contributed by atoms with E-state index in [1.807, 2.05) is 60.1 Å². The van der Waals surface area contributed by atoms with Gasteiger partial charge in [0, 0.05) is 35.8 Å². The molecule has 2 heterocycles. The van der Waals surface area contributed by atoms with Gasteiger partial charge in [-0.25, -0.2) is 9.97 Å². The molecule has 2 aromatic carbocycles. The molecule has 0 aliphatic heterocycles. The lowest BCUT2D eigenvalue weighted by atomic mass is 10.2. The van der Waals surface area contributed by atoms with Crippen LogP contribution in [0.25, 0.3) is 5.69 Å². The summed E-state index contributed by atoms with van der Waals surface area (Å²) in [5.41, 5.74) is 3.14. The zero-order chi connectivity index (χ0) is 19.9. The van der Waals surface area contributed by atoms with Crippen molar-refractivity contribution in [3.63, 3.8) is 0 Å². The molecular formula is C22H20N4OS2. The summed E-state index contributed by atoms with van der Waals surface area (Å²) in [6, 6.07) is 20.0. The fourth-order valence-corrected chi connectivity index (χ4v) is 4.58. The second-order valence-corrected chi connectivity index (χ2v) is 8.26. The highest BCUT2D eigenvalue weighted by Crippen LogP contribution is 2.25. The average molecular weight is 421 g/mol. The number of nitrogens with one attached hydrogen (secondary N) is 1. The number of thiazole rings is 1. The molecule has 0 bridgehead atoms. The molecule has 1 amide bonds. The van der Waals surface area contributed by atoms with Crippen LogP contribution in [0.1, 0.15) is 16.3 Å². The average Bonchev–Trinajstić information content (AvgIpc) is 3.41. The van der Waals surface area contributed by atoms with Crippen LogP contribution >= 0.6 is 23.1 Å². The van der Waals surface area contributed by atoms with Gasteiger partial charge in [-0.3, -0.25) is 9.36 Å². The molecule has 0 unspecified atom stereocenters. The maximum absolute atomic E-state index is 12.2. The Morgan fingerprint density at radius 1 is 1.07 bits per heavy atom. The normalized spacial score (nSPS) is 10.8. The number of hydrogen-bond donors (Lipinski definition) is 1. The summed E-state index contributed by atoms with van der Waals surface area (Å²) >= 11 is 3.16. The van der Waals surface area contributed by atoms with Gasteiger partial charge in [0.1, 0.15) is 5.01 Å². The standard InChI is InChI=1S/C22H20N4OS2/c27-20(24-14-17-7-3-1-4-8-17)13-21-25-18(15-28-21)16-29-22-23-11-12-26(22)19-9-5-2-6-10-19/h1-12,15H,13-14,16H2,(H,24,27). The van der Waals surface area contributed by atoms with E-state index in [4.69, 9.17) is 0 Å². The van der Waals surface area contributed by atoms with Gasteiger partial charge < -0.3 is 5.32 Å². The first kappa shape index (κ1) is 19.4. The largest absolute Gasteiger partial charge is 0.352 e. The van der Waals surface area contributed by atoms with Gasteiger partial charge >= 0.3 is 0 Å². The Morgan fingerprint density at radius 3 is 2.62 bits per heavy atom. The van der Waals surface area contributed by atoms with Crippen molar-refractivity contribution in [2.45, 2.75) is 23.9 Å². The highest BCUT2D eigenvalue weighted by atomic mass is 32.2. The molecule has 0 aliphatic rings. The predicted molar refractivity (Wildman–Crippen MR) is 117 cm³/mol.